The Kier molecular flexibility index (Phi) is 10.7. The molecule has 1 fully saturated rings. The number of carboxylic acids is 1. The summed E-state index contributed by atoms with van der Waals surface area (Å²) in [7, 11) is 0. The lowest BCUT2D eigenvalue weighted by Gasteiger charge is -2.17. The van der Waals surface area contributed by atoms with Crippen LogP contribution in [0.3, 0.4) is 0 Å². The lowest BCUT2D eigenvalue weighted by Crippen LogP contribution is -2.24. The van der Waals surface area contributed by atoms with Crippen molar-refractivity contribution >= 4 is 11.9 Å². The number of hydrogen-bond acceptors (Lipinski definition) is 4. The number of aliphatic carboxylic acids is 1. The summed E-state index contributed by atoms with van der Waals surface area (Å²) in [6, 6.07) is 0. The second-order valence-electron chi connectivity index (χ2n) is 6.56. The minimum Gasteiger partial charge on any atom is -0.481 e. The molecule has 1 atom stereocenters. The Morgan fingerprint density at radius 3 is 2.43 bits per heavy atom. The molecule has 23 heavy (non-hydrogen) atoms. The molecule has 5 heteroatoms. The van der Waals surface area contributed by atoms with Gasteiger partial charge < -0.3 is 14.7 Å². The molecule has 0 amide bonds. The van der Waals surface area contributed by atoms with Gasteiger partial charge in [-0.2, -0.15) is 0 Å². The number of carbonyl (C=O) groups is 2. The summed E-state index contributed by atoms with van der Waals surface area (Å²) in [4.78, 5) is 25.2. The number of nitrogens with zero attached hydrogens (tertiary/aromatic N) is 1. The van der Waals surface area contributed by atoms with E-state index in [-0.39, 0.29) is 12.4 Å². The van der Waals surface area contributed by atoms with Crippen molar-refractivity contribution in [1.82, 2.24) is 4.90 Å². The first-order valence-corrected chi connectivity index (χ1v) is 9.25. The summed E-state index contributed by atoms with van der Waals surface area (Å²) in [6.07, 6.45) is 9.39. The van der Waals surface area contributed by atoms with E-state index in [1.807, 2.05) is 0 Å². The zero-order valence-electron chi connectivity index (χ0n) is 14.6. The molecule has 0 aromatic rings. The van der Waals surface area contributed by atoms with Gasteiger partial charge in [-0.1, -0.05) is 32.6 Å². The third-order valence-electron chi connectivity index (χ3n) is 4.38. The lowest BCUT2D eigenvalue weighted by atomic mass is 10.1. The average Bonchev–Trinajstić information content (AvgIpc) is 2.99. The minimum atomic E-state index is -0.895. The maximum Gasteiger partial charge on any atom is 0.307 e. The number of esters is 1. The van der Waals surface area contributed by atoms with Gasteiger partial charge in [0.15, 0.2) is 0 Å². The van der Waals surface area contributed by atoms with Gasteiger partial charge in [0.2, 0.25) is 0 Å². The molecular formula is C18H33NO4. The fourth-order valence-electron chi connectivity index (χ4n) is 3.07. The largest absolute Gasteiger partial charge is 0.481 e. The first-order chi connectivity index (χ1) is 11.1. The lowest BCUT2D eigenvalue weighted by molar-refractivity contribution is -0.153. The van der Waals surface area contributed by atoms with Gasteiger partial charge in [-0.25, -0.2) is 0 Å². The van der Waals surface area contributed by atoms with Crippen LogP contribution in [-0.2, 0) is 14.3 Å². The number of ether oxygens (including phenoxy) is 1. The number of carbonyl (C=O) groups excluding carboxylic acids is 1. The first kappa shape index (κ1) is 19.9. The van der Waals surface area contributed by atoms with E-state index in [1.54, 1.807) is 0 Å². The topological polar surface area (TPSA) is 66.8 Å². The molecule has 0 spiro atoms. The predicted octanol–water partition coefficient (Wildman–Crippen LogP) is 3.61. The number of rotatable bonds is 13. The zero-order chi connectivity index (χ0) is 16.9. The fraction of sp³-hybridized carbons (Fsp3) is 0.889. The van der Waals surface area contributed by atoms with Crippen LogP contribution in [0.2, 0.25) is 0 Å². The molecule has 1 heterocycles. The summed E-state index contributed by atoms with van der Waals surface area (Å²) in [5.41, 5.74) is 0. The van der Waals surface area contributed by atoms with Crippen LogP contribution in [0.5, 0.6) is 0 Å². The van der Waals surface area contributed by atoms with Crippen molar-refractivity contribution in [2.45, 2.75) is 83.7 Å². The Hall–Kier alpha value is -1.10. The van der Waals surface area contributed by atoms with Crippen molar-refractivity contribution in [1.29, 1.82) is 0 Å². The van der Waals surface area contributed by atoms with Crippen LogP contribution in [0.15, 0.2) is 0 Å². The van der Waals surface area contributed by atoms with E-state index in [0.717, 1.165) is 38.9 Å². The molecular weight excluding hydrogens is 294 g/mol. The van der Waals surface area contributed by atoms with Gasteiger partial charge in [0, 0.05) is 6.42 Å². The van der Waals surface area contributed by atoms with E-state index in [2.05, 4.69) is 11.8 Å². The molecule has 1 aliphatic rings. The second-order valence-corrected chi connectivity index (χ2v) is 6.56. The Morgan fingerprint density at radius 2 is 1.78 bits per heavy atom. The summed E-state index contributed by atoms with van der Waals surface area (Å²) >= 11 is 0. The van der Waals surface area contributed by atoms with Gasteiger partial charge in [0.25, 0.3) is 0 Å². The highest BCUT2D eigenvalue weighted by Crippen LogP contribution is 2.14. The van der Waals surface area contributed by atoms with Crippen LogP contribution < -0.4 is 0 Å². The van der Waals surface area contributed by atoms with Crippen molar-refractivity contribution in [2.24, 2.45) is 0 Å². The highest BCUT2D eigenvalue weighted by Gasteiger charge is 2.18. The molecule has 1 unspecified atom stereocenters. The maximum absolute atomic E-state index is 11.9. The molecule has 134 valence electrons. The Morgan fingerprint density at radius 1 is 1.09 bits per heavy atom. The number of carboxylic acid groups (broad SMARTS) is 1. The molecule has 1 saturated heterocycles. The third-order valence-corrected chi connectivity index (χ3v) is 4.38. The van der Waals surface area contributed by atoms with Crippen LogP contribution in [0.25, 0.3) is 0 Å². The SMILES string of the molecule is CCCCCCCC(CC(=O)O)OC(=O)CCCN1CCCC1. The Balaban J connectivity index is 2.18. The van der Waals surface area contributed by atoms with Gasteiger partial charge in [0.1, 0.15) is 6.10 Å². The molecule has 0 radical (unpaired) electrons. The van der Waals surface area contributed by atoms with Crippen LogP contribution in [0.4, 0.5) is 0 Å². The fourth-order valence-corrected chi connectivity index (χ4v) is 3.07. The summed E-state index contributed by atoms with van der Waals surface area (Å²) in [5.74, 6) is -1.14. The van der Waals surface area contributed by atoms with Gasteiger partial charge in [-0.05, 0) is 51.7 Å². The van der Waals surface area contributed by atoms with Crippen molar-refractivity contribution < 1.29 is 19.4 Å². The van der Waals surface area contributed by atoms with Crippen molar-refractivity contribution in [3.05, 3.63) is 0 Å². The van der Waals surface area contributed by atoms with Crippen LogP contribution >= 0.6 is 0 Å². The monoisotopic (exact) mass is 327 g/mol. The summed E-state index contributed by atoms with van der Waals surface area (Å²) in [5, 5.41) is 8.96. The Labute approximate surface area is 140 Å². The molecule has 1 aliphatic heterocycles. The number of likely N-dealkylation sites (tertiary alicyclic amines) is 1. The number of hydrogen-bond donors (Lipinski definition) is 1. The molecule has 0 aliphatic carbocycles. The number of unbranched alkanes of at least 4 members (excludes halogenated alkanes) is 4. The molecule has 0 aromatic carbocycles. The molecule has 0 bridgehead atoms. The maximum atomic E-state index is 11.9. The van der Waals surface area contributed by atoms with E-state index < -0.39 is 12.1 Å². The van der Waals surface area contributed by atoms with Gasteiger partial charge in [0.05, 0.1) is 6.42 Å². The molecule has 5 nitrogen and oxygen atoms in total. The standard InChI is InChI=1S/C18H33NO4/c1-2-3-4-5-6-10-16(15-17(20)21)23-18(22)11-9-14-19-12-7-8-13-19/h16H,2-15H2,1H3,(H,20,21). The van der Waals surface area contributed by atoms with E-state index in [0.29, 0.717) is 12.8 Å². The molecule has 0 aromatic heterocycles. The van der Waals surface area contributed by atoms with E-state index >= 15 is 0 Å². The van der Waals surface area contributed by atoms with Gasteiger partial charge >= 0.3 is 11.9 Å². The van der Waals surface area contributed by atoms with Crippen LogP contribution in [-0.4, -0.2) is 47.7 Å². The molecule has 1 rings (SSSR count). The zero-order valence-corrected chi connectivity index (χ0v) is 14.6. The van der Waals surface area contributed by atoms with Gasteiger partial charge in [-0.15, -0.1) is 0 Å². The third kappa shape index (κ3) is 10.3. The van der Waals surface area contributed by atoms with E-state index in [9.17, 15) is 9.59 Å². The van der Waals surface area contributed by atoms with E-state index in [1.165, 1.54) is 32.1 Å². The highest BCUT2D eigenvalue weighted by molar-refractivity contribution is 5.71. The van der Waals surface area contributed by atoms with Gasteiger partial charge in [-0.3, -0.25) is 9.59 Å². The predicted molar refractivity (Wildman–Crippen MR) is 90.4 cm³/mol. The van der Waals surface area contributed by atoms with E-state index in [4.69, 9.17) is 9.84 Å². The highest BCUT2D eigenvalue weighted by atomic mass is 16.5. The van der Waals surface area contributed by atoms with Crippen molar-refractivity contribution in [3.63, 3.8) is 0 Å². The average molecular weight is 327 g/mol. The molecule has 1 N–H and O–H groups in total. The molecule has 0 saturated carbocycles. The second kappa shape index (κ2) is 12.3. The quantitative estimate of drug-likeness (QED) is 0.413. The summed E-state index contributed by atoms with van der Waals surface area (Å²) in [6.45, 7) is 5.37. The smallest absolute Gasteiger partial charge is 0.307 e. The van der Waals surface area contributed by atoms with Crippen molar-refractivity contribution in [3.8, 4) is 0 Å². The Bertz CT molecular complexity index is 340. The minimum absolute atomic E-state index is 0.0777. The first-order valence-electron chi connectivity index (χ1n) is 9.25. The summed E-state index contributed by atoms with van der Waals surface area (Å²) < 4.78 is 5.39. The van der Waals surface area contributed by atoms with Crippen LogP contribution in [0, 0.1) is 0 Å². The van der Waals surface area contributed by atoms with Crippen molar-refractivity contribution in [2.75, 3.05) is 19.6 Å². The van der Waals surface area contributed by atoms with Crippen LogP contribution in [0.1, 0.15) is 77.6 Å². The normalized spacial score (nSPS) is 16.4.